The number of ketones is 1. The van der Waals surface area contributed by atoms with Crippen LogP contribution < -0.4 is 5.32 Å². The third kappa shape index (κ3) is 4.12. The largest absolute Gasteiger partial charge is 0.431 e. The van der Waals surface area contributed by atoms with Crippen LogP contribution in [0.2, 0.25) is 0 Å². The van der Waals surface area contributed by atoms with Gasteiger partial charge in [-0.2, -0.15) is 13.2 Å². The fourth-order valence-corrected chi connectivity index (χ4v) is 2.88. The van der Waals surface area contributed by atoms with E-state index in [9.17, 15) is 18.0 Å². The molecule has 1 aromatic rings. The Morgan fingerprint density at radius 1 is 1.09 bits per heavy atom. The Bertz CT molecular complexity index is 543. The molecule has 0 aliphatic heterocycles. The highest BCUT2D eigenvalue weighted by atomic mass is 19.4. The molecule has 0 amide bonds. The van der Waals surface area contributed by atoms with E-state index in [2.05, 4.69) is 5.32 Å². The maximum atomic E-state index is 13.5. The molecule has 0 unspecified atom stereocenters. The van der Waals surface area contributed by atoms with Crippen molar-refractivity contribution in [3.05, 3.63) is 41.6 Å². The van der Waals surface area contributed by atoms with Gasteiger partial charge in [-0.05, 0) is 25.3 Å². The second kappa shape index (κ2) is 6.99. The minimum atomic E-state index is -4.58. The van der Waals surface area contributed by atoms with E-state index in [1.165, 1.54) is 19.1 Å². The Morgan fingerprint density at radius 2 is 1.68 bits per heavy atom. The second-order valence-electron chi connectivity index (χ2n) is 5.65. The van der Waals surface area contributed by atoms with Crippen molar-refractivity contribution >= 4 is 11.4 Å². The summed E-state index contributed by atoms with van der Waals surface area (Å²) >= 11 is 0. The van der Waals surface area contributed by atoms with E-state index in [1.807, 2.05) is 0 Å². The molecule has 1 aliphatic carbocycles. The Labute approximate surface area is 128 Å². The number of hydrogen-bond donors (Lipinski definition) is 1. The van der Waals surface area contributed by atoms with Gasteiger partial charge < -0.3 is 5.32 Å². The third-order valence-corrected chi connectivity index (χ3v) is 3.90. The minimum Gasteiger partial charge on any atom is -0.378 e. The van der Waals surface area contributed by atoms with Gasteiger partial charge in [-0.3, -0.25) is 4.79 Å². The molecule has 120 valence electrons. The predicted molar refractivity (Wildman–Crippen MR) is 80.1 cm³/mol. The molecule has 1 N–H and O–H groups in total. The van der Waals surface area contributed by atoms with Gasteiger partial charge in [0.1, 0.15) is 5.70 Å². The highest BCUT2D eigenvalue weighted by Gasteiger charge is 2.39. The first kappa shape index (κ1) is 16.6. The number of nitrogens with one attached hydrogen (secondary N) is 1. The van der Waals surface area contributed by atoms with Crippen LogP contribution in [0.4, 0.5) is 13.2 Å². The molecule has 2 nitrogen and oxygen atoms in total. The Hall–Kier alpha value is -1.78. The molecule has 5 heteroatoms. The van der Waals surface area contributed by atoms with Gasteiger partial charge in [0.15, 0.2) is 5.78 Å². The molecular formula is C17H20F3NO. The fourth-order valence-electron chi connectivity index (χ4n) is 2.88. The predicted octanol–water partition coefficient (Wildman–Crippen LogP) is 4.47. The lowest BCUT2D eigenvalue weighted by molar-refractivity contribution is -0.113. The van der Waals surface area contributed by atoms with Crippen molar-refractivity contribution in [2.75, 3.05) is 0 Å². The molecule has 0 saturated heterocycles. The summed E-state index contributed by atoms with van der Waals surface area (Å²) in [4.78, 5) is 11.9. The Morgan fingerprint density at radius 3 is 2.18 bits per heavy atom. The summed E-state index contributed by atoms with van der Waals surface area (Å²) in [6, 6.07) is 7.82. The van der Waals surface area contributed by atoms with Gasteiger partial charge >= 0.3 is 6.18 Å². The highest BCUT2D eigenvalue weighted by molar-refractivity contribution is 6.20. The number of hydrogen-bond acceptors (Lipinski definition) is 2. The number of Topliss-reactive ketones (excluding diaryl/α,β-unsaturated/α-hetero) is 1. The summed E-state index contributed by atoms with van der Waals surface area (Å²) in [5, 5.41) is 2.61. The summed E-state index contributed by atoms with van der Waals surface area (Å²) < 4.78 is 40.5. The molecule has 2 rings (SSSR count). The van der Waals surface area contributed by atoms with E-state index >= 15 is 0 Å². The molecule has 1 saturated carbocycles. The molecular weight excluding hydrogens is 291 g/mol. The molecule has 0 bridgehead atoms. The van der Waals surface area contributed by atoms with Crippen LogP contribution in [-0.2, 0) is 4.79 Å². The molecule has 1 aliphatic rings. The van der Waals surface area contributed by atoms with Crippen molar-refractivity contribution in [1.29, 1.82) is 0 Å². The normalized spacial score (nSPS) is 17.8. The van der Waals surface area contributed by atoms with E-state index in [1.54, 1.807) is 18.2 Å². The molecule has 0 atom stereocenters. The smallest absolute Gasteiger partial charge is 0.378 e. The van der Waals surface area contributed by atoms with Crippen molar-refractivity contribution < 1.29 is 18.0 Å². The quantitative estimate of drug-likeness (QED) is 0.831. The van der Waals surface area contributed by atoms with Crippen molar-refractivity contribution in [2.45, 2.75) is 51.2 Å². The van der Waals surface area contributed by atoms with Gasteiger partial charge in [0.05, 0.1) is 5.57 Å². The molecule has 1 fully saturated rings. The van der Waals surface area contributed by atoms with Crippen LogP contribution in [0.25, 0.3) is 5.57 Å². The highest BCUT2D eigenvalue weighted by Crippen LogP contribution is 2.33. The number of carbonyl (C=O) groups excluding carboxylic acids is 1. The number of allylic oxidation sites excluding steroid dienone is 2. The van der Waals surface area contributed by atoms with Crippen LogP contribution in [0.1, 0.15) is 44.6 Å². The average molecular weight is 311 g/mol. The SMILES string of the molecule is CC(=O)/C(=C(\NC1CCCCC1)C(F)(F)F)c1ccccc1. The van der Waals surface area contributed by atoms with Crippen LogP contribution in [0.5, 0.6) is 0 Å². The lowest BCUT2D eigenvalue weighted by atomic mass is 9.94. The summed E-state index contributed by atoms with van der Waals surface area (Å²) in [7, 11) is 0. The monoisotopic (exact) mass is 311 g/mol. The van der Waals surface area contributed by atoms with Crippen molar-refractivity contribution in [3.8, 4) is 0 Å². The zero-order valence-electron chi connectivity index (χ0n) is 12.5. The third-order valence-electron chi connectivity index (χ3n) is 3.90. The fraction of sp³-hybridized carbons (Fsp3) is 0.471. The number of alkyl halides is 3. The summed E-state index contributed by atoms with van der Waals surface area (Å²) in [6.07, 6.45) is -0.262. The summed E-state index contributed by atoms with van der Waals surface area (Å²) in [5.74, 6) is -0.582. The van der Waals surface area contributed by atoms with Gasteiger partial charge in [-0.25, -0.2) is 0 Å². The molecule has 22 heavy (non-hydrogen) atoms. The van der Waals surface area contributed by atoms with Crippen LogP contribution >= 0.6 is 0 Å². The van der Waals surface area contributed by atoms with Crippen molar-refractivity contribution in [1.82, 2.24) is 5.32 Å². The summed E-state index contributed by atoms with van der Waals surface area (Å²) in [6.45, 7) is 1.18. The maximum absolute atomic E-state index is 13.5. The Kier molecular flexibility index (Phi) is 5.27. The van der Waals surface area contributed by atoms with Crippen molar-refractivity contribution in [3.63, 3.8) is 0 Å². The van der Waals surface area contributed by atoms with Gasteiger partial charge in [-0.1, -0.05) is 49.6 Å². The lowest BCUT2D eigenvalue weighted by Gasteiger charge is -2.27. The first-order valence-electron chi connectivity index (χ1n) is 7.54. The lowest BCUT2D eigenvalue weighted by Crippen LogP contribution is -2.37. The first-order valence-corrected chi connectivity index (χ1v) is 7.54. The van der Waals surface area contributed by atoms with E-state index in [-0.39, 0.29) is 11.6 Å². The molecule has 0 spiro atoms. The summed E-state index contributed by atoms with van der Waals surface area (Å²) in [5.41, 5.74) is -0.887. The van der Waals surface area contributed by atoms with E-state index in [4.69, 9.17) is 0 Å². The van der Waals surface area contributed by atoms with E-state index in [0.29, 0.717) is 18.4 Å². The second-order valence-corrected chi connectivity index (χ2v) is 5.65. The van der Waals surface area contributed by atoms with E-state index < -0.39 is 17.7 Å². The topological polar surface area (TPSA) is 29.1 Å². The number of benzene rings is 1. The zero-order chi connectivity index (χ0) is 16.2. The minimum absolute atomic E-state index is 0.219. The Balaban J connectivity index is 2.44. The van der Waals surface area contributed by atoms with Crippen LogP contribution in [0.3, 0.4) is 0 Å². The van der Waals surface area contributed by atoms with Gasteiger partial charge in [0, 0.05) is 6.04 Å². The van der Waals surface area contributed by atoms with Gasteiger partial charge in [0.25, 0.3) is 0 Å². The molecule has 1 aromatic carbocycles. The van der Waals surface area contributed by atoms with Crippen molar-refractivity contribution in [2.24, 2.45) is 0 Å². The number of halogens is 3. The molecule has 0 heterocycles. The van der Waals surface area contributed by atoms with Gasteiger partial charge in [0.2, 0.25) is 0 Å². The van der Waals surface area contributed by atoms with Crippen LogP contribution in [-0.4, -0.2) is 18.0 Å². The van der Waals surface area contributed by atoms with Crippen LogP contribution in [0.15, 0.2) is 36.0 Å². The molecule has 0 aromatic heterocycles. The number of rotatable bonds is 4. The molecule has 0 radical (unpaired) electrons. The standard InChI is InChI=1S/C17H20F3NO/c1-12(22)15(13-8-4-2-5-9-13)16(17(18,19)20)21-14-10-6-3-7-11-14/h2,4-5,8-9,14,21H,3,6-7,10-11H2,1H3/b16-15+. The number of carbonyl (C=O) groups is 1. The van der Waals surface area contributed by atoms with E-state index in [0.717, 1.165) is 19.3 Å². The van der Waals surface area contributed by atoms with Gasteiger partial charge in [-0.15, -0.1) is 0 Å². The first-order chi connectivity index (χ1) is 10.4. The maximum Gasteiger partial charge on any atom is 0.431 e. The zero-order valence-corrected chi connectivity index (χ0v) is 12.5. The van der Waals surface area contributed by atoms with Crippen LogP contribution in [0, 0.1) is 0 Å². The average Bonchev–Trinajstić information content (AvgIpc) is 2.47.